The Kier molecular flexibility index (Phi) is 5.61. The van der Waals surface area contributed by atoms with Crippen LogP contribution in [0.2, 0.25) is 0 Å². The minimum Gasteiger partial charge on any atom is -0.490 e. The lowest BCUT2D eigenvalue weighted by Crippen LogP contribution is -2.36. The first-order chi connectivity index (χ1) is 14.5. The van der Waals surface area contributed by atoms with Crippen molar-refractivity contribution >= 4 is 17.5 Å². The van der Waals surface area contributed by atoms with Crippen molar-refractivity contribution in [3.63, 3.8) is 0 Å². The van der Waals surface area contributed by atoms with Gasteiger partial charge in [0.15, 0.2) is 29.7 Å². The van der Waals surface area contributed by atoms with Crippen molar-refractivity contribution in [3.05, 3.63) is 46.3 Å². The van der Waals surface area contributed by atoms with Gasteiger partial charge in [-0.2, -0.15) is 0 Å². The molecule has 1 amide bonds. The number of amides is 1. The molecule has 0 radical (unpaired) electrons. The van der Waals surface area contributed by atoms with E-state index in [0.717, 1.165) is 42.6 Å². The lowest BCUT2D eigenvalue weighted by Gasteiger charge is -2.37. The molecule has 1 aromatic carbocycles. The Bertz CT molecular complexity index is 934. The van der Waals surface area contributed by atoms with Crippen LogP contribution >= 0.6 is 0 Å². The third-order valence-corrected chi connectivity index (χ3v) is 5.76. The first kappa shape index (κ1) is 20.2. The van der Waals surface area contributed by atoms with E-state index in [9.17, 15) is 14.4 Å². The minimum absolute atomic E-state index is 0.0886. The third kappa shape index (κ3) is 3.72. The average molecular weight is 410 g/mol. The lowest BCUT2D eigenvalue weighted by atomic mass is 9.71. The fourth-order valence-electron chi connectivity index (χ4n) is 4.56. The van der Waals surface area contributed by atoms with Crippen LogP contribution in [0.15, 0.2) is 40.7 Å². The number of primary amides is 1. The Labute approximate surface area is 175 Å². The molecule has 7 nitrogen and oxygen atoms in total. The summed E-state index contributed by atoms with van der Waals surface area (Å²) in [5, 5.41) is 3.41. The van der Waals surface area contributed by atoms with Crippen molar-refractivity contribution in [3.8, 4) is 11.5 Å². The van der Waals surface area contributed by atoms with E-state index in [1.165, 1.54) is 0 Å². The van der Waals surface area contributed by atoms with Gasteiger partial charge in [0.25, 0.3) is 5.91 Å². The number of carbonyl (C=O) groups excluding carboxylic acids is 3. The summed E-state index contributed by atoms with van der Waals surface area (Å²) in [5.74, 6) is 0.0648. The van der Waals surface area contributed by atoms with E-state index in [1.807, 2.05) is 19.1 Å². The van der Waals surface area contributed by atoms with Crippen LogP contribution in [0.25, 0.3) is 0 Å². The molecule has 0 fully saturated rings. The van der Waals surface area contributed by atoms with Crippen molar-refractivity contribution in [2.75, 3.05) is 13.2 Å². The molecule has 3 aliphatic rings. The average Bonchev–Trinajstić information content (AvgIpc) is 2.72. The van der Waals surface area contributed by atoms with Crippen LogP contribution in [-0.2, 0) is 14.4 Å². The van der Waals surface area contributed by atoms with Gasteiger partial charge in [-0.05, 0) is 50.3 Å². The quantitative estimate of drug-likeness (QED) is 0.747. The minimum atomic E-state index is -0.579. The van der Waals surface area contributed by atoms with E-state index in [1.54, 1.807) is 6.07 Å². The Hall–Kier alpha value is -3.09. The highest BCUT2D eigenvalue weighted by atomic mass is 16.5. The number of ether oxygens (including phenoxy) is 2. The molecule has 158 valence electrons. The van der Waals surface area contributed by atoms with Gasteiger partial charge in [-0.3, -0.25) is 14.4 Å². The van der Waals surface area contributed by atoms with Crippen LogP contribution in [0, 0.1) is 0 Å². The molecule has 0 saturated carbocycles. The topological polar surface area (TPSA) is 108 Å². The second-order valence-corrected chi connectivity index (χ2v) is 7.79. The van der Waals surface area contributed by atoms with E-state index in [-0.39, 0.29) is 18.2 Å². The zero-order chi connectivity index (χ0) is 21.3. The molecule has 7 heteroatoms. The molecule has 1 heterocycles. The van der Waals surface area contributed by atoms with Gasteiger partial charge in [0.2, 0.25) is 0 Å². The van der Waals surface area contributed by atoms with Gasteiger partial charge >= 0.3 is 0 Å². The van der Waals surface area contributed by atoms with Gasteiger partial charge in [0, 0.05) is 41.3 Å². The number of carbonyl (C=O) groups is 3. The van der Waals surface area contributed by atoms with Gasteiger partial charge in [0.05, 0.1) is 6.61 Å². The molecule has 0 unspecified atom stereocenters. The van der Waals surface area contributed by atoms with Crippen molar-refractivity contribution in [2.24, 2.45) is 5.73 Å². The van der Waals surface area contributed by atoms with Gasteiger partial charge in [-0.1, -0.05) is 6.07 Å². The summed E-state index contributed by atoms with van der Waals surface area (Å²) >= 11 is 0. The summed E-state index contributed by atoms with van der Waals surface area (Å²) < 4.78 is 11.2. The van der Waals surface area contributed by atoms with E-state index in [2.05, 4.69) is 5.32 Å². The molecule has 1 aliphatic heterocycles. The summed E-state index contributed by atoms with van der Waals surface area (Å²) in [5.41, 5.74) is 9.28. The van der Waals surface area contributed by atoms with Crippen molar-refractivity contribution in [1.82, 2.24) is 5.32 Å². The Morgan fingerprint density at radius 1 is 1.00 bits per heavy atom. The number of rotatable bonds is 6. The van der Waals surface area contributed by atoms with E-state index in [0.29, 0.717) is 42.1 Å². The third-order valence-electron chi connectivity index (χ3n) is 5.76. The molecule has 0 atom stereocenters. The van der Waals surface area contributed by atoms with Crippen LogP contribution in [0.4, 0.5) is 0 Å². The number of nitrogens with one attached hydrogen (secondary N) is 1. The number of benzene rings is 1. The number of allylic oxidation sites excluding steroid dienone is 4. The molecule has 1 aromatic rings. The zero-order valence-corrected chi connectivity index (χ0v) is 17.1. The molecule has 4 rings (SSSR count). The maximum atomic E-state index is 12.9. The summed E-state index contributed by atoms with van der Waals surface area (Å²) in [4.78, 5) is 36.9. The SMILES string of the molecule is CCOc1cc(C2C3=C(CCCC3=O)NC3=C2C(=O)CCC3)ccc1OCC(N)=O. The number of Topliss-reactive ketones (excluding diaryl/α,β-unsaturated/α-hetero) is 2. The summed E-state index contributed by atoms with van der Waals surface area (Å²) in [6.07, 6.45) is 4.23. The molecule has 2 aliphatic carbocycles. The monoisotopic (exact) mass is 410 g/mol. The predicted molar refractivity (Wildman–Crippen MR) is 110 cm³/mol. The highest BCUT2D eigenvalue weighted by Crippen LogP contribution is 2.46. The summed E-state index contributed by atoms with van der Waals surface area (Å²) in [6, 6.07) is 5.37. The number of hydrogen-bond donors (Lipinski definition) is 2. The smallest absolute Gasteiger partial charge is 0.255 e. The van der Waals surface area contributed by atoms with E-state index in [4.69, 9.17) is 15.2 Å². The molecule has 0 saturated heterocycles. The molecule has 3 N–H and O–H groups in total. The maximum absolute atomic E-state index is 12.9. The fraction of sp³-hybridized carbons (Fsp3) is 0.435. The molecule has 0 bridgehead atoms. The van der Waals surface area contributed by atoms with Crippen LogP contribution < -0.4 is 20.5 Å². The molecular formula is C23H26N2O5. The molecule has 30 heavy (non-hydrogen) atoms. The lowest BCUT2D eigenvalue weighted by molar-refractivity contribution is -0.120. The first-order valence-corrected chi connectivity index (χ1v) is 10.5. The molecular weight excluding hydrogens is 384 g/mol. The molecule has 0 spiro atoms. The second kappa shape index (κ2) is 8.34. The normalized spacial score (nSPS) is 19.2. The Morgan fingerprint density at radius 2 is 1.63 bits per heavy atom. The largest absolute Gasteiger partial charge is 0.490 e. The number of hydrogen-bond acceptors (Lipinski definition) is 6. The molecule has 0 aromatic heterocycles. The van der Waals surface area contributed by atoms with E-state index >= 15 is 0 Å². The van der Waals surface area contributed by atoms with Gasteiger partial charge in [-0.25, -0.2) is 0 Å². The summed E-state index contributed by atoms with van der Waals surface area (Å²) in [7, 11) is 0. The first-order valence-electron chi connectivity index (χ1n) is 10.5. The van der Waals surface area contributed by atoms with Crippen molar-refractivity contribution < 1.29 is 23.9 Å². The van der Waals surface area contributed by atoms with Crippen molar-refractivity contribution in [2.45, 2.75) is 51.4 Å². The number of ketones is 2. The van der Waals surface area contributed by atoms with Crippen molar-refractivity contribution in [1.29, 1.82) is 0 Å². The number of dihydropyridines is 1. The van der Waals surface area contributed by atoms with E-state index < -0.39 is 11.8 Å². The highest BCUT2D eigenvalue weighted by molar-refractivity contribution is 6.06. The Morgan fingerprint density at radius 3 is 2.20 bits per heavy atom. The van der Waals surface area contributed by atoms with Crippen LogP contribution in [0.1, 0.15) is 56.9 Å². The van der Waals surface area contributed by atoms with Gasteiger partial charge < -0.3 is 20.5 Å². The zero-order valence-electron chi connectivity index (χ0n) is 17.1. The maximum Gasteiger partial charge on any atom is 0.255 e. The predicted octanol–water partition coefficient (Wildman–Crippen LogP) is 2.65. The summed E-state index contributed by atoms with van der Waals surface area (Å²) in [6.45, 7) is 2.00. The number of nitrogens with two attached hydrogens (primary N) is 1. The van der Waals surface area contributed by atoms with Crippen LogP contribution in [0.3, 0.4) is 0 Å². The van der Waals surface area contributed by atoms with Gasteiger partial charge in [-0.15, -0.1) is 0 Å². The van der Waals surface area contributed by atoms with Crippen LogP contribution in [-0.4, -0.2) is 30.7 Å². The fourth-order valence-corrected chi connectivity index (χ4v) is 4.56. The van der Waals surface area contributed by atoms with Crippen LogP contribution in [0.5, 0.6) is 11.5 Å². The standard InChI is InChI=1S/C23H26N2O5/c1-2-29-19-11-13(9-10-18(19)30-12-20(24)28)21-22-14(5-3-7-16(22)26)25-15-6-4-8-17(27)23(15)21/h9-11,21,25H,2-8,12H2,1H3,(H2,24,28). The van der Waals surface area contributed by atoms with Gasteiger partial charge in [0.1, 0.15) is 0 Å². The Balaban J connectivity index is 1.81. The highest BCUT2D eigenvalue weighted by Gasteiger charge is 2.40. The second-order valence-electron chi connectivity index (χ2n) is 7.79.